The Bertz CT molecular complexity index is 677. The van der Waals surface area contributed by atoms with Gasteiger partial charge in [-0.15, -0.1) is 0 Å². The molecule has 1 aromatic rings. The van der Waals surface area contributed by atoms with Gasteiger partial charge in [0.1, 0.15) is 16.5 Å². The van der Waals surface area contributed by atoms with Gasteiger partial charge in [-0.25, -0.2) is 9.37 Å². The van der Waals surface area contributed by atoms with Crippen molar-refractivity contribution in [2.24, 2.45) is 0 Å². The molecular weight excluding hydrogens is 341 g/mol. The van der Waals surface area contributed by atoms with Crippen LogP contribution in [0.3, 0.4) is 0 Å². The number of thiocarbonyl (C=S) groups is 2. The summed E-state index contributed by atoms with van der Waals surface area (Å²) in [5.74, 6) is 0.701. The molecule has 1 aromatic heterocycles. The number of hydrogen-bond donors (Lipinski definition) is 0. The second-order valence-corrected chi connectivity index (χ2v) is 7.42. The lowest BCUT2D eigenvalue weighted by atomic mass is 9.90. The predicted octanol–water partition coefficient (Wildman–Crippen LogP) is 3.98. The molecule has 3 nitrogen and oxygen atoms in total. The molecule has 22 heavy (non-hydrogen) atoms. The summed E-state index contributed by atoms with van der Waals surface area (Å²) >= 11 is 17.3. The van der Waals surface area contributed by atoms with E-state index >= 15 is 0 Å². The molecule has 0 spiro atoms. The summed E-state index contributed by atoms with van der Waals surface area (Å²) in [5, 5.41) is 1.23. The topological polar surface area (TPSA) is 19.4 Å². The van der Waals surface area contributed by atoms with E-state index in [1.807, 2.05) is 24.8 Å². The minimum atomic E-state index is -1.20. The Morgan fingerprint density at radius 1 is 1.41 bits per heavy atom. The Balaban J connectivity index is 2.01. The van der Waals surface area contributed by atoms with E-state index in [9.17, 15) is 4.39 Å². The third-order valence-corrected chi connectivity index (χ3v) is 5.59. The zero-order chi connectivity index (χ0) is 16.2. The lowest BCUT2D eigenvalue weighted by Crippen LogP contribution is -2.46. The molecule has 2 atom stereocenters. The molecule has 2 aliphatic rings. The van der Waals surface area contributed by atoms with E-state index in [1.165, 1.54) is 0 Å². The van der Waals surface area contributed by atoms with Crippen LogP contribution < -0.4 is 4.90 Å². The van der Waals surface area contributed by atoms with Gasteiger partial charge in [0.05, 0.1) is 16.8 Å². The number of aryl methyl sites for hydroxylation is 2. The quantitative estimate of drug-likeness (QED) is 0.706. The fourth-order valence-electron chi connectivity index (χ4n) is 3.03. The summed E-state index contributed by atoms with van der Waals surface area (Å²) in [7, 11) is 0. The highest BCUT2D eigenvalue weighted by Crippen LogP contribution is 2.38. The van der Waals surface area contributed by atoms with Gasteiger partial charge in [-0.05, 0) is 51.0 Å². The molecule has 2 saturated heterocycles. The van der Waals surface area contributed by atoms with Crippen molar-refractivity contribution in [3.63, 3.8) is 0 Å². The molecule has 118 valence electrons. The summed E-state index contributed by atoms with van der Waals surface area (Å²) in [6.07, 6.45) is 0.834. The highest BCUT2D eigenvalue weighted by molar-refractivity contribution is 7.83. The Morgan fingerprint density at radius 3 is 2.77 bits per heavy atom. The van der Waals surface area contributed by atoms with Crippen molar-refractivity contribution in [1.29, 1.82) is 0 Å². The third kappa shape index (κ3) is 2.51. The summed E-state index contributed by atoms with van der Waals surface area (Å²) in [6.45, 7) is 5.99. The van der Waals surface area contributed by atoms with Gasteiger partial charge in [-0.1, -0.05) is 23.8 Å². The van der Waals surface area contributed by atoms with E-state index < -0.39 is 5.67 Å². The summed E-state index contributed by atoms with van der Waals surface area (Å²) < 4.78 is 14.4. The molecule has 0 aliphatic carbocycles. The average molecular weight is 358 g/mol. The maximum atomic E-state index is 14.4. The molecule has 2 fully saturated rings. The van der Waals surface area contributed by atoms with Gasteiger partial charge in [0.2, 0.25) is 0 Å². The number of nitrogens with zero attached hydrogens (tertiary/aromatic N) is 3. The van der Waals surface area contributed by atoms with Gasteiger partial charge in [0.15, 0.2) is 5.11 Å². The standard InChI is InChI=1S/C15H17ClFN3S2/c1-8-6-10(16)9(2)18-12(8)20-13(21)11-7-15(3,17)4-5-19(11)14(20)22/h6,11H,4-5,7H2,1-3H3. The third-order valence-electron chi connectivity index (χ3n) is 4.34. The number of fused-ring (bicyclic) bond motifs is 1. The largest absolute Gasteiger partial charge is 0.339 e. The summed E-state index contributed by atoms with van der Waals surface area (Å²) in [6, 6.07) is 1.70. The maximum absolute atomic E-state index is 14.4. The van der Waals surface area contributed by atoms with Crippen LogP contribution in [0.5, 0.6) is 0 Å². The van der Waals surface area contributed by atoms with Crippen molar-refractivity contribution in [2.45, 2.75) is 45.3 Å². The van der Waals surface area contributed by atoms with Gasteiger partial charge in [0.25, 0.3) is 0 Å². The summed E-state index contributed by atoms with van der Waals surface area (Å²) in [5.41, 5.74) is 0.436. The normalized spacial score (nSPS) is 28.3. The lowest BCUT2D eigenvalue weighted by molar-refractivity contribution is 0.0921. The number of halogens is 2. The van der Waals surface area contributed by atoms with E-state index in [2.05, 4.69) is 4.98 Å². The minimum absolute atomic E-state index is 0.163. The van der Waals surface area contributed by atoms with Gasteiger partial charge in [-0.2, -0.15) is 0 Å². The van der Waals surface area contributed by atoms with Crippen molar-refractivity contribution in [2.75, 3.05) is 11.4 Å². The molecule has 0 amide bonds. The van der Waals surface area contributed by atoms with Crippen LogP contribution in [-0.2, 0) is 0 Å². The number of hydrogen-bond acceptors (Lipinski definition) is 3. The van der Waals surface area contributed by atoms with Crippen molar-refractivity contribution in [3.05, 3.63) is 22.3 Å². The monoisotopic (exact) mass is 357 g/mol. The van der Waals surface area contributed by atoms with E-state index in [0.29, 0.717) is 40.3 Å². The molecule has 0 bridgehead atoms. The molecular formula is C15H17ClFN3S2. The molecule has 0 N–H and O–H groups in total. The molecule has 7 heteroatoms. The highest BCUT2D eigenvalue weighted by atomic mass is 35.5. The van der Waals surface area contributed by atoms with Crippen LogP contribution >= 0.6 is 36.0 Å². The Hall–Kier alpha value is -0.850. The Morgan fingerprint density at radius 2 is 2.09 bits per heavy atom. The molecule has 0 aromatic carbocycles. The number of piperidine rings is 1. The molecule has 3 rings (SSSR count). The fraction of sp³-hybridized carbons (Fsp3) is 0.533. The van der Waals surface area contributed by atoms with Gasteiger partial charge >= 0.3 is 0 Å². The first kappa shape index (κ1) is 16.0. The van der Waals surface area contributed by atoms with Crippen LogP contribution in [-0.4, -0.2) is 38.2 Å². The number of aromatic nitrogens is 1. The Kier molecular flexibility index (Phi) is 3.90. The van der Waals surface area contributed by atoms with Gasteiger partial charge in [-0.3, -0.25) is 4.90 Å². The maximum Gasteiger partial charge on any atom is 0.183 e. The van der Waals surface area contributed by atoms with E-state index in [4.69, 9.17) is 36.0 Å². The molecule has 2 unspecified atom stereocenters. The number of rotatable bonds is 1. The second-order valence-electron chi connectivity index (χ2n) is 6.23. The highest BCUT2D eigenvalue weighted by Gasteiger charge is 2.48. The van der Waals surface area contributed by atoms with Gasteiger partial charge in [0, 0.05) is 13.0 Å². The first-order chi connectivity index (χ1) is 10.2. The SMILES string of the molecule is Cc1cc(Cl)c(C)nc1N1C(=S)C2CC(C)(F)CCN2C1=S. The Labute approximate surface area is 145 Å². The molecule has 3 heterocycles. The lowest BCUT2D eigenvalue weighted by Gasteiger charge is -2.36. The van der Waals surface area contributed by atoms with Crippen molar-refractivity contribution >= 4 is 52.0 Å². The van der Waals surface area contributed by atoms with Crippen LogP contribution in [0, 0.1) is 13.8 Å². The van der Waals surface area contributed by atoms with Gasteiger partial charge < -0.3 is 4.90 Å². The zero-order valence-electron chi connectivity index (χ0n) is 12.7. The van der Waals surface area contributed by atoms with Crippen molar-refractivity contribution in [1.82, 2.24) is 9.88 Å². The van der Waals surface area contributed by atoms with Crippen molar-refractivity contribution in [3.8, 4) is 0 Å². The first-order valence-corrected chi connectivity index (χ1v) is 8.38. The molecule has 0 radical (unpaired) electrons. The van der Waals surface area contributed by atoms with Crippen LogP contribution in [0.4, 0.5) is 10.2 Å². The molecule has 0 saturated carbocycles. The minimum Gasteiger partial charge on any atom is -0.339 e. The van der Waals surface area contributed by atoms with Crippen LogP contribution in [0.15, 0.2) is 6.07 Å². The fourth-order valence-corrected chi connectivity index (χ4v) is 4.08. The van der Waals surface area contributed by atoms with E-state index in [1.54, 1.807) is 11.8 Å². The van der Waals surface area contributed by atoms with Crippen LogP contribution in [0.25, 0.3) is 0 Å². The first-order valence-electron chi connectivity index (χ1n) is 7.18. The molecule has 2 aliphatic heterocycles. The number of pyridine rings is 1. The second kappa shape index (κ2) is 5.35. The predicted molar refractivity (Wildman–Crippen MR) is 95.6 cm³/mol. The van der Waals surface area contributed by atoms with E-state index in [-0.39, 0.29) is 6.04 Å². The van der Waals surface area contributed by atoms with Crippen molar-refractivity contribution < 1.29 is 4.39 Å². The smallest absolute Gasteiger partial charge is 0.183 e. The number of alkyl halides is 1. The average Bonchev–Trinajstić information content (AvgIpc) is 2.65. The number of anilines is 1. The summed E-state index contributed by atoms with van der Waals surface area (Å²) in [4.78, 5) is 9.00. The zero-order valence-corrected chi connectivity index (χ0v) is 15.1. The van der Waals surface area contributed by atoms with Crippen LogP contribution in [0.1, 0.15) is 31.0 Å². The van der Waals surface area contributed by atoms with E-state index in [0.717, 1.165) is 11.3 Å². The van der Waals surface area contributed by atoms with Crippen LogP contribution in [0.2, 0.25) is 5.02 Å².